The van der Waals surface area contributed by atoms with Crippen molar-refractivity contribution in [3.63, 3.8) is 0 Å². The first-order chi connectivity index (χ1) is 14.3. The Bertz CT molecular complexity index is 1150. The number of hydrogen-bond acceptors (Lipinski definition) is 4. The number of methoxy groups -OCH3 is 1. The third-order valence-electron chi connectivity index (χ3n) is 4.45. The van der Waals surface area contributed by atoms with Crippen molar-refractivity contribution in [1.29, 1.82) is 0 Å². The summed E-state index contributed by atoms with van der Waals surface area (Å²) in [6.07, 6.45) is 0. The van der Waals surface area contributed by atoms with Crippen LogP contribution in [0.3, 0.4) is 0 Å². The second-order valence-electron chi connectivity index (χ2n) is 6.58. The molecule has 156 valence electrons. The fourth-order valence-corrected chi connectivity index (χ4v) is 4.33. The highest BCUT2D eigenvalue weighted by Gasteiger charge is 2.21. The minimum atomic E-state index is -3.84. The molecule has 0 unspecified atom stereocenters. The lowest BCUT2D eigenvalue weighted by molar-refractivity contribution is 0.102. The summed E-state index contributed by atoms with van der Waals surface area (Å²) in [4.78, 5) is 12.6. The smallest absolute Gasteiger partial charge is 0.255 e. The molecule has 6 nitrogen and oxygen atoms in total. The first-order valence-corrected chi connectivity index (χ1v) is 11.0. The van der Waals surface area contributed by atoms with Gasteiger partial charge in [0.05, 0.1) is 17.7 Å². The maximum atomic E-state index is 12.9. The Kier molecular flexibility index (Phi) is 6.77. The number of carbonyl (C=O) groups excluding carboxylic acids is 1. The number of hydrogen-bond donors (Lipinski definition) is 2. The average Bonchev–Trinajstić information content (AvgIpc) is 2.74. The molecule has 0 aromatic heterocycles. The quantitative estimate of drug-likeness (QED) is 0.556. The van der Waals surface area contributed by atoms with Crippen LogP contribution >= 0.6 is 11.6 Å². The lowest BCUT2D eigenvalue weighted by Gasteiger charge is -2.16. The van der Waals surface area contributed by atoms with Crippen LogP contribution in [0.4, 0.5) is 5.69 Å². The Morgan fingerprint density at radius 1 is 1.00 bits per heavy atom. The number of rotatable bonds is 7. The summed E-state index contributed by atoms with van der Waals surface area (Å²) >= 11 is 5.94. The molecule has 3 aromatic rings. The monoisotopic (exact) mass is 444 g/mol. The van der Waals surface area contributed by atoms with Crippen LogP contribution in [0, 0.1) is 0 Å². The van der Waals surface area contributed by atoms with E-state index in [0.717, 1.165) is 5.56 Å². The molecule has 0 fully saturated rings. The van der Waals surface area contributed by atoms with Gasteiger partial charge in [-0.3, -0.25) is 4.79 Å². The van der Waals surface area contributed by atoms with E-state index in [1.807, 2.05) is 30.3 Å². The standard InChI is InChI=1S/C22H21ClN2O4S/c1-15(16-7-4-3-5-8-16)25-30(27,28)19-11-12-21(29-2)20(14-19)24-22(26)17-9-6-10-18(23)13-17/h3-15,25H,1-2H3,(H,24,26)/t15-/m0/s1. The third kappa shape index (κ3) is 5.18. The average molecular weight is 445 g/mol. The van der Waals surface area contributed by atoms with Crippen molar-refractivity contribution < 1.29 is 17.9 Å². The summed E-state index contributed by atoms with van der Waals surface area (Å²) < 4.78 is 33.7. The molecule has 0 saturated carbocycles. The van der Waals surface area contributed by atoms with Crippen molar-refractivity contribution >= 4 is 33.2 Å². The highest BCUT2D eigenvalue weighted by Crippen LogP contribution is 2.29. The number of benzene rings is 3. The SMILES string of the molecule is COc1ccc(S(=O)(=O)N[C@@H](C)c2ccccc2)cc1NC(=O)c1cccc(Cl)c1. The Morgan fingerprint density at radius 2 is 1.73 bits per heavy atom. The van der Waals surface area contributed by atoms with Crippen molar-refractivity contribution in [3.05, 3.63) is 88.9 Å². The predicted molar refractivity (Wildman–Crippen MR) is 118 cm³/mol. The summed E-state index contributed by atoms with van der Waals surface area (Å²) in [7, 11) is -2.40. The summed E-state index contributed by atoms with van der Waals surface area (Å²) in [5, 5.41) is 3.11. The number of carbonyl (C=O) groups is 1. The lowest BCUT2D eigenvalue weighted by atomic mass is 10.1. The van der Waals surface area contributed by atoms with Crippen molar-refractivity contribution in [2.75, 3.05) is 12.4 Å². The van der Waals surface area contributed by atoms with E-state index in [-0.39, 0.29) is 10.6 Å². The molecule has 30 heavy (non-hydrogen) atoms. The number of sulfonamides is 1. The molecule has 0 spiro atoms. The minimum absolute atomic E-state index is 0.00692. The fraction of sp³-hybridized carbons (Fsp3) is 0.136. The van der Waals surface area contributed by atoms with Crippen LogP contribution in [-0.2, 0) is 10.0 Å². The van der Waals surface area contributed by atoms with Crippen LogP contribution in [0.25, 0.3) is 0 Å². The summed E-state index contributed by atoms with van der Waals surface area (Å²) in [6.45, 7) is 1.76. The van der Waals surface area contributed by atoms with Crippen molar-refractivity contribution in [2.24, 2.45) is 0 Å². The lowest BCUT2D eigenvalue weighted by Crippen LogP contribution is -2.27. The summed E-state index contributed by atoms with van der Waals surface area (Å²) in [5.41, 5.74) is 1.41. The van der Waals surface area contributed by atoms with Gasteiger partial charge in [-0.05, 0) is 48.9 Å². The normalized spacial score (nSPS) is 12.2. The Hall–Kier alpha value is -2.87. The molecule has 2 N–H and O–H groups in total. The molecule has 0 bridgehead atoms. The molecular weight excluding hydrogens is 424 g/mol. The number of ether oxygens (including phenoxy) is 1. The minimum Gasteiger partial charge on any atom is -0.495 e. The number of halogens is 1. The Morgan fingerprint density at radius 3 is 2.40 bits per heavy atom. The van der Waals surface area contributed by atoms with Crippen molar-refractivity contribution in [1.82, 2.24) is 4.72 Å². The molecule has 0 radical (unpaired) electrons. The largest absolute Gasteiger partial charge is 0.495 e. The van der Waals surface area contributed by atoms with Gasteiger partial charge < -0.3 is 10.1 Å². The van der Waals surface area contributed by atoms with Gasteiger partial charge in [-0.1, -0.05) is 48.0 Å². The highest BCUT2D eigenvalue weighted by molar-refractivity contribution is 7.89. The molecule has 1 amide bonds. The van der Waals surface area contributed by atoms with Crippen LogP contribution in [0.2, 0.25) is 5.02 Å². The van der Waals surface area contributed by atoms with Gasteiger partial charge in [-0.2, -0.15) is 0 Å². The zero-order chi connectivity index (χ0) is 21.7. The van der Waals surface area contributed by atoms with E-state index in [9.17, 15) is 13.2 Å². The molecule has 0 aliphatic heterocycles. The Balaban J connectivity index is 1.87. The van der Waals surface area contributed by atoms with Gasteiger partial charge >= 0.3 is 0 Å². The van der Waals surface area contributed by atoms with Gasteiger partial charge in [0, 0.05) is 16.6 Å². The molecule has 8 heteroatoms. The van der Waals surface area contributed by atoms with Gasteiger partial charge in [0.2, 0.25) is 10.0 Å². The molecule has 3 aromatic carbocycles. The second-order valence-corrected chi connectivity index (χ2v) is 8.73. The molecule has 0 heterocycles. The zero-order valence-corrected chi connectivity index (χ0v) is 18.0. The van der Waals surface area contributed by atoms with E-state index in [4.69, 9.17) is 16.3 Å². The Labute approximate surface area is 180 Å². The van der Waals surface area contributed by atoms with E-state index in [1.165, 1.54) is 31.4 Å². The molecule has 0 aliphatic carbocycles. The van der Waals surface area contributed by atoms with Crippen LogP contribution in [-0.4, -0.2) is 21.4 Å². The van der Waals surface area contributed by atoms with E-state index in [0.29, 0.717) is 16.3 Å². The second kappa shape index (κ2) is 9.30. The van der Waals surface area contributed by atoms with Gasteiger partial charge in [-0.25, -0.2) is 13.1 Å². The van der Waals surface area contributed by atoms with Crippen LogP contribution in [0.15, 0.2) is 77.7 Å². The third-order valence-corrected chi connectivity index (χ3v) is 6.22. The van der Waals surface area contributed by atoms with Crippen molar-refractivity contribution in [2.45, 2.75) is 17.9 Å². The maximum Gasteiger partial charge on any atom is 0.255 e. The molecule has 0 aliphatic rings. The fourth-order valence-electron chi connectivity index (χ4n) is 2.89. The van der Waals surface area contributed by atoms with Crippen LogP contribution in [0.5, 0.6) is 5.75 Å². The van der Waals surface area contributed by atoms with Gasteiger partial charge in [0.1, 0.15) is 5.75 Å². The molecule has 3 rings (SSSR count). The first-order valence-electron chi connectivity index (χ1n) is 9.12. The predicted octanol–water partition coefficient (Wildman–Crippen LogP) is 4.64. The van der Waals surface area contributed by atoms with Gasteiger partial charge in [0.15, 0.2) is 0 Å². The molecule has 0 saturated heterocycles. The van der Waals surface area contributed by atoms with Crippen LogP contribution in [0.1, 0.15) is 28.9 Å². The van der Waals surface area contributed by atoms with Gasteiger partial charge in [-0.15, -0.1) is 0 Å². The van der Waals surface area contributed by atoms with E-state index in [2.05, 4.69) is 10.0 Å². The number of nitrogens with one attached hydrogen (secondary N) is 2. The highest BCUT2D eigenvalue weighted by atomic mass is 35.5. The topological polar surface area (TPSA) is 84.5 Å². The number of amides is 1. The van der Waals surface area contributed by atoms with E-state index in [1.54, 1.807) is 25.1 Å². The molecular formula is C22H21ClN2O4S. The maximum absolute atomic E-state index is 12.9. The first kappa shape index (κ1) is 21.8. The number of anilines is 1. The molecule has 1 atom stereocenters. The van der Waals surface area contributed by atoms with E-state index < -0.39 is 22.0 Å². The van der Waals surface area contributed by atoms with E-state index >= 15 is 0 Å². The zero-order valence-electron chi connectivity index (χ0n) is 16.4. The summed E-state index contributed by atoms with van der Waals surface area (Å²) in [5.74, 6) is -0.101. The van der Waals surface area contributed by atoms with Crippen molar-refractivity contribution in [3.8, 4) is 5.75 Å². The van der Waals surface area contributed by atoms with Gasteiger partial charge in [0.25, 0.3) is 5.91 Å². The van der Waals surface area contributed by atoms with Crippen LogP contribution < -0.4 is 14.8 Å². The summed E-state index contributed by atoms with van der Waals surface area (Å²) in [6, 6.07) is 19.5.